The van der Waals surface area contributed by atoms with E-state index in [-0.39, 0.29) is 12.1 Å². The van der Waals surface area contributed by atoms with Crippen LogP contribution in [-0.4, -0.2) is 5.91 Å². The summed E-state index contributed by atoms with van der Waals surface area (Å²) in [5.74, 6) is -0.475. The van der Waals surface area contributed by atoms with Crippen LogP contribution < -0.4 is 5.32 Å². The predicted octanol–water partition coefficient (Wildman–Crippen LogP) is 4.20. The number of carbonyl (C=O) groups excluding carboxylic acids is 1. The summed E-state index contributed by atoms with van der Waals surface area (Å²) < 4.78 is 38.5. The van der Waals surface area contributed by atoms with Gasteiger partial charge in [-0.2, -0.15) is 13.2 Å². The second-order valence-corrected chi connectivity index (χ2v) is 4.76. The van der Waals surface area contributed by atoms with Crippen LogP contribution in [0.3, 0.4) is 0 Å². The molecule has 0 spiro atoms. The Labute approximate surface area is 120 Å². The van der Waals surface area contributed by atoms with Crippen LogP contribution >= 0.6 is 0 Å². The van der Waals surface area contributed by atoms with Crippen molar-refractivity contribution in [2.24, 2.45) is 0 Å². The van der Waals surface area contributed by atoms with Crippen molar-refractivity contribution in [3.8, 4) is 0 Å². The fourth-order valence-electron chi connectivity index (χ4n) is 2.04. The number of halogens is 3. The molecule has 0 aliphatic rings. The van der Waals surface area contributed by atoms with E-state index in [9.17, 15) is 18.0 Å². The molecule has 0 atom stereocenters. The number of alkyl halides is 3. The van der Waals surface area contributed by atoms with Crippen molar-refractivity contribution in [1.29, 1.82) is 0 Å². The molecule has 110 valence electrons. The van der Waals surface area contributed by atoms with Gasteiger partial charge in [-0.15, -0.1) is 0 Å². The Morgan fingerprint density at radius 2 is 1.81 bits per heavy atom. The highest BCUT2D eigenvalue weighted by molar-refractivity contribution is 5.93. The van der Waals surface area contributed by atoms with Crippen molar-refractivity contribution >= 4 is 11.6 Å². The van der Waals surface area contributed by atoms with E-state index in [2.05, 4.69) is 5.32 Å². The number of amides is 1. The van der Waals surface area contributed by atoms with Crippen molar-refractivity contribution in [3.63, 3.8) is 0 Å². The third kappa shape index (κ3) is 4.08. The zero-order valence-corrected chi connectivity index (χ0v) is 11.4. The Hall–Kier alpha value is -2.30. The van der Waals surface area contributed by atoms with Crippen LogP contribution in [0.2, 0.25) is 0 Å². The third-order valence-electron chi connectivity index (χ3n) is 2.95. The van der Waals surface area contributed by atoms with Crippen molar-refractivity contribution in [2.45, 2.75) is 19.5 Å². The number of anilines is 1. The zero-order valence-electron chi connectivity index (χ0n) is 11.4. The van der Waals surface area contributed by atoms with Gasteiger partial charge in [-0.3, -0.25) is 4.79 Å². The van der Waals surface area contributed by atoms with Gasteiger partial charge in [0.05, 0.1) is 17.7 Å². The molecule has 5 heteroatoms. The quantitative estimate of drug-likeness (QED) is 0.903. The molecule has 1 N–H and O–H groups in total. The summed E-state index contributed by atoms with van der Waals surface area (Å²) >= 11 is 0. The smallest absolute Gasteiger partial charge is 0.325 e. The summed E-state index contributed by atoms with van der Waals surface area (Å²) in [5.41, 5.74) is 0.693. The Balaban J connectivity index is 2.14. The fraction of sp³-hybridized carbons (Fsp3) is 0.188. The normalized spacial score (nSPS) is 11.2. The van der Waals surface area contributed by atoms with Gasteiger partial charge >= 0.3 is 6.18 Å². The largest absolute Gasteiger partial charge is 0.418 e. The maximum atomic E-state index is 12.8. The van der Waals surface area contributed by atoms with Gasteiger partial charge in [0.25, 0.3) is 0 Å². The summed E-state index contributed by atoms with van der Waals surface area (Å²) in [4.78, 5) is 11.9. The van der Waals surface area contributed by atoms with Crippen LogP contribution in [-0.2, 0) is 17.4 Å². The molecule has 0 radical (unpaired) electrons. The zero-order chi connectivity index (χ0) is 15.5. The molecule has 21 heavy (non-hydrogen) atoms. The first-order valence-electron chi connectivity index (χ1n) is 6.38. The number of aryl methyl sites for hydroxylation is 1. The van der Waals surface area contributed by atoms with E-state index in [1.54, 1.807) is 6.07 Å². The van der Waals surface area contributed by atoms with E-state index in [4.69, 9.17) is 0 Å². The molecule has 0 bridgehead atoms. The van der Waals surface area contributed by atoms with E-state index in [1.807, 2.05) is 25.1 Å². The second kappa shape index (κ2) is 5.99. The van der Waals surface area contributed by atoms with Gasteiger partial charge in [-0.05, 0) is 24.6 Å². The van der Waals surface area contributed by atoms with Crippen LogP contribution in [0.1, 0.15) is 16.7 Å². The minimum Gasteiger partial charge on any atom is -0.325 e. The molecule has 0 fully saturated rings. The molecular weight excluding hydrogens is 279 g/mol. The predicted molar refractivity (Wildman–Crippen MR) is 75.0 cm³/mol. The first kappa shape index (κ1) is 15.1. The number of nitrogens with one attached hydrogen (secondary N) is 1. The highest BCUT2D eigenvalue weighted by Crippen LogP contribution is 2.34. The second-order valence-electron chi connectivity index (χ2n) is 4.76. The van der Waals surface area contributed by atoms with Crippen LogP contribution in [0.5, 0.6) is 0 Å². The lowest BCUT2D eigenvalue weighted by Crippen LogP contribution is -2.18. The van der Waals surface area contributed by atoms with Gasteiger partial charge in [0, 0.05) is 0 Å². The third-order valence-corrected chi connectivity index (χ3v) is 2.95. The number of carbonyl (C=O) groups is 1. The van der Waals surface area contributed by atoms with E-state index >= 15 is 0 Å². The highest BCUT2D eigenvalue weighted by Gasteiger charge is 2.33. The maximum Gasteiger partial charge on any atom is 0.418 e. The maximum absolute atomic E-state index is 12.8. The van der Waals surface area contributed by atoms with E-state index in [0.29, 0.717) is 0 Å². The topological polar surface area (TPSA) is 29.1 Å². The number of benzene rings is 2. The molecule has 0 saturated carbocycles. The van der Waals surface area contributed by atoms with Gasteiger partial charge in [0.15, 0.2) is 0 Å². The molecule has 2 aromatic carbocycles. The SMILES string of the molecule is Cc1cccc(CC(=O)Nc2ccccc2C(F)(F)F)c1. The molecule has 0 heterocycles. The molecule has 2 aromatic rings. The van der Waals surface area contributed by atoms with Gasteiger partial charge in [0.2, 0.25) is 5.91 Å². The van der Waals surface area contributed by atoms with Crippen molar-refractivity contribution in [2.75, 3.05) is 5.32 Å². The average Bonchev–Trinajstić information content (AvgIpc) is 2.37. The van der Waals surface area contributed by atoms with Crippen LogP contribution in [0.15, 0.2) is 48.5 Å². The first-order chi connectivity index (χ1) is 9.86. The van der Waals surface area contributed by atoms with Gasteiger partial charge in [0.1, 0.15) is 0 Å². The van der Waals surface area contributed by atoms with Crippen molar-refractivity contribution in [1.82, 2.24) is 0 Å². The lowest BCUT2D eigenvalue weighted by molar-refractivity contribution is -0.137. The molecule has 0 unspecified atom stereocenters. The Morgan fingerprint density at radius 1 is 1.10 bits per heavy atom. The average molecular weight is 293 g/mol. The summed E-state index contributed by atoms with van der Waals surface area (Å²) in [6, 6.07) is 12.2. The van der Waals surface area contributed by atoms with E-state index in [0.717, 1.165) is 17.2 Å². The molecule has 2 nitrogen and oxygen atoms in total. The Kier molecular flexibility index (Phi) is 4.31. The minimum atomic E-state index is -4.49. The minimum absolute atomic E-state index is 0.0356. The Bertz CT molecular complexity index is 650. The summed E-state index contributed by atoms with van der Waals surface area (Å²) in [7, 11) is 0. The molecule has 2 rings (SSSR count). The number of rotatable bonds is 3. The summed E-state index contributed by atoms with van der Waals surface area (Å²) in [6.45, 7) is 1.89. The molecule has 0 aliphatic heterocycles. The van der Waals surface area contributed by atoms with Crippen LogP contribution in [0, 0.1) is 6.92 Å². The monoisotopic (exact) mass is 293 g/mol. The van der Waals surface area contributed by atoms with Crippen LogP contribution in [0.4, 0.5) is 18.9 Å². The first-order valence-corrected chi connectivity index (χ1v) is 6.38. The van der Waals surface area contributed by atoms with Crippen molar-refractivity contribution < 1.29 is 18.0 Å². The highest BCUT2D eigenvalue weighted by atomic mass is 19.4. The summed E-state index contributed by atoms with van der Waals surface area (Å²) in [5, 5.41) is 2.33. The van der Waals surface area contributed by atoms with Gasteiger partial charge in [-0.25, -0.2) is 0 Å². The van der Waals surface area contributed by atoms with Crippen molar-refractivity contribution in [3.05, 3.63) is 65.2 Å². The fourth-order valence-corrected chi connectivity index (χ4v) is 2.04. The van der Waals surface area contributed by atoms with Gasteiger partial charge < -0.3 is 5.32 Å². The standard InChI is InChI=1S/C16H14F3NO/c1-11-5-4-6-12(9-11)10-15(21)20-14-8-3-2-7-13(14)16(17,18)19/h2-9H,10H2,1H3,(H,20,21). The number of hydrogen-bond donors (Lipinski definition) is 1. The molecule has 0 saturated heterocycles. The Morgan fingerprint density at radius 3 is 2.48 bits per heavy atom. The lowest BCUT2D eigenvalue weighted by atomic mass is 10.1. The molecule has 1 amide bonds. The van der Waals surface area contributed by atoms with Crippen LogP contribution in [0.25, 0.3) is 0 Å². The van der Waals surface area contributed by atoms with E-state index < -0.39 is 17.6 Å². The number of para-hydroxylation sites is 1. The molecule has 0 aliphatic carbocycles. The number of hydrogen-bond acceptors (Lipinski definition) is 1. The van der Waals surface area contributed by atoms with Gasteiger partial charge in [-0.1, -0.05) is 42.0 Å². The summed E-state index contributed by atoms with van der Waals surface area (Å²) in [6.07, 6.45) is -4.46. The molecular formula is C16H14F3NO. The molecule has 0 aromatic heterocycles. The lowest BCUT2D eigenvalue weighted by Gasteiger charge is -2.13. The van der Waals surface area contributed by atoms with E-state index in [1.165, 1.54) is 18.2 Å².